The van der Waals surface area contributed by atoms with Gasteiger partial charge in [0.05, 0.1) is 25.4 Å². The third-order valence-electron chi connectivity index (χ3n) is 10.0. The molecule has 1 heterocycles. The van der Waals surface area contributed by atoms with Crippen LogP contribution in [0.4, 0.5) is 0 Å². The van der Waals surface area contributed by atoms with E-state index in [2.05, 4.69) is 47.7 Å². The molecule has 0 radical (unpaired) electrons. The molecule has 56 heavy (non-hydrogen) atoms. The number of aliphatic hydroxyl groups is 5. The molecule has 8 atom stereocenters. The van der Waals surface area contributed by atoms with Gasteiger partial charge in [0.2, 0.25) is 5.91 Å². The summed E-state index contributed by atoms with van der Waals surface area (Å²) in [7, 11) is -5.12. The fourth-order valence-electron chi connectivity index (χ4n) is 6.53. The summed E-state index contributed by atoms with van der Waals surface area (Å²) in [5, 5.41) is 54.9. The number of carbonyl (C=O) groups excluding carboxylic acids is 1. The molecule has 7 N–H and O–H groups in total. The standard InChI is InChI=1S/C42H77NO12S/c1-3-5-7-9-11-13-15-16-17-18-19-21-23-25-27-29-31-36(46)41(49)43-34(35(45)30-28-26-24-22-20-14-12-10-8-6-4-2)33-53-42-39(48)40(55-56(50,51)52)38(47)37(32-44)54-42/h16-17,20,22,28,30,34-40,42,44-48H,3-15,18-19,21,23-27,29,31-33H2,1-2H3,(H,43,49)(H,50,51,52)/b17-16-,22-20+,30-28+. The van der Waals surface area contributed by atoms with E-state index in [1.54, 1.807) is 6.08 Å². The van der Waals surface area contributed by atoms with Crippen molar-refractivity contribution >= 4 is 16.3 Å². The van der Waals surface area contributed by atoms with Crippen LogP contribution in [0.5, 0.6) is 0 Å². The molecule has 1 fully saturated rings. The number of allylic oxidation sites excluding steroid dienone is 5. The molecular weight excluding hydrogens is 743 g/mol. The lowest BCUT2D eigenvalue weighted by Gasteiger charge is -2.41. The second-order valence-corrected chi connectivity index (χ2v) is 16.1. The van der Waals surface area contributed by atoms with Crippen LogP contribution in [0.25, 0.3) is 0 Å². The van der Waals surface area contributed by atoms with Crippen LogP contribution in [0.15, 0.2) is 36.5 Å². The molecule has 0 aromatic rings. The molecule has 0 bridgehead atoms. The maximum absolute atomic E-state index is 13.0. The topological polar surface area (TPSA) is 212 Å². The highest BCUT2D eigenvalue weighted by Crippen LogP contribution is 2.26. The monoisotopic (exact) mass is 820 g/mol. The number of rotatable bonds is 35. The van der Waals surface area contributed by atoms with Crippen molar-refractivity contribution in [2.45, 2.75) is 210 Å². The molecule has 1 amide bonds. The number of aliphatic hydroxyl groups excluding tert-OH is 5. The maximum Gasteiger partial charge on any atom is 0.397 e. The second-order valence-electron chi connectivity index (χ2n) is 15.1. The van der Waals surface area contributed by atoms with Crippen LogP contribution in [-0.2, 0) is 28.9 Å². The van der Waals surface area contributed by atoms with Crippen molar-refractivity contribution in [3.05, 3.63) is 36.5 Å². The van der Waals surface area contributed by atoms with Gasteiger partial charge in [-0.05, 0) is 57.8 Å². The number of hydrogen-bond donors (Lipinski definition) is 7. The molecule has 0 aromatic carbocycles. The molecular formula is C42H77NO12S. The average Bonchev–Trinajstić information content (AvgIpc) is 3.16. The summed E-state index contributed by atoms with van der Waals surface area (Å²) in [5.41, 5.74) is 0. The number of hydrogen-bond acceptors (Lipinski definition) is 11. The summed E-state index contributed by atoms with van der Waals surface area (Å²) in [6.07, 6.45) is 25.3. The van der Waals surface area contributed by atoms with Gasteiger partial charge in [-0.3, -0.25) is 9.35 Å². The van der Waals surface area contributed by atoms with Crippen molar-refractivity contribution < 1.29 is 57.0 Å². The van der Waals surface area contributed by atoms with E-state index in [-0.39, 0.29) is 6.42 Å². The summed E-state index contributed by atoms with van der Waals surface area (Å²) >= 11 is 0. The van der Waals surface area contributed by atoms with Crippen LogP contribution in [-0.4, -0.2) is 107 Å². The zero-order valence-electron chi connectivity index (χ0n) is 34.3. The summed E-state index contributed by atoms with van der Waals surface area (Å²) in [4.78, 5) is 13.0. The Labute approximate surface area is 337 Å². The Balaban J connectivity index is 2.64. The molecule has 1 rings (SSSR count). The summed E-state index contributed by atoms with van der Waals surface area (Å²) in [6, 6.07) is -1.14. The van der Waals surface area contributed by atoms with Crippen LogP contribution < -0.4 is 5.32 Å². The van der Waals surface area contributed by atoms with Crippen LogP contribution in [0.1, 0.15) is 162 Å². The van der Waals surface area contributed by atoms with E-state index in [1.165, 1.54) is 70.3 Å². The highest BCUT2D eigenvalue weighted by atomic mass is 32.3. The number of unbranched alkanes of at least 4 members (excludes halogenated alkanes) is 18. The number of carbonyl (C=O) groups is 1. The Morgan fingerprint density at radius 2 is 1.20 bits per heavy atom. The molecule has 328 valence electrons. The van der Waals surface area contributed by atoms with Gasteiger partial charge in [-0.15, -0.1) is 0 Å². The summed E-state index contributed by atoms with van der Waals surface area (Å²) in [6.45, 7) is 3.14. The number of ether oxygens (including phenoxy) is 2. The van der Waals surface area contributed by atoms with E-state index in [4.69, 9.17) is 14.0 Å². The van der Waals surface area contributed by atoms with Gasteiger partial charge in [-0.2, -0.15) is 8.42 Å². The first-order valence-corrected chi connectivity index (χ1v) is 22.8. The predicted molar refractivity (Wildman–Crippen MR) is 219 cm³/mol. The maximum atomic E-state index is 13.0. The van der Waals surface area contributed by atoms with E-state index in [1.807, 2.05) is 0 Å². The summed E-state index contributed by atoms with van der Waals surface area (Å²) < 4.78 is 47.3. The van der Waals surface area contributed by atoms with Gasteiger partial charge in [0, 0.05) is 0 Å². The van der Waals surface area contributed by atoms with Crippen molar-refractivity contribution in [2.75, 3.05) is 13.2 Å². The Kier molecular flexibility index (Phi) is 31.0. The molecule has 1 aliphatic heterocycles. The molecule has 0 aromatic heterocycles. The van der Waals surface area contributed by atoms with E-state index >= 15 is 0 Å². The fraction of sp³-hybridized carbons (Fsp3) is 0.833. The molecule has 14 heteroatoms. The number of amides is 1. The second kappa shape index (κ2) is 33.1. The Morgan fingerprint density at radius 3 is 1.71 bits per heavy atom. The summed E-state index contributed by atoms with van der Waals surface area (Å²) in [5.74, 6) is -0.720. The molecule has 1 aliphatic rings. The van der Waals surface area contributed by atoms with E-state index in [0.29, 0.717) is 12.8 Å². The first-order chi connectivity index (χ1) is 26.9. The van der Waals surface area contributed by atoms with E-state index < -0.39 is 78.5 Å². The lowest BCUT2D eigenvalue weighted by molar-refractivity contribution is -0.298. The minimum atomic E-state index is -5.12. The first kappa shape index (κ1) is 52.3. The average molecular weight is 820 g/mol. The fourth-order valence-corrected chi connectivity index (χ4v) is 7.04. The quantitative estimate of drug-likeness (QED) is 0.0207. The first-order valence-electron chi connectivity index (χ1n) is 21.5. The smallest absolute Gasteiger partial charge is 0.394 e. The largest absolute Gasteiger partial charge is 0.397 e. The highest BCUT2D eigenvalue weighted by Gasteiger charge is 2.48. The zero-order valence-corrected chi connectivity index (χ0v) is 35.1. The Morgan fingerprint density at radius 1 is 0.714 bits per heavy atom. The van der Waals surface area contributed by atoms with E-state index in [9.17, 15) is 38.7 Å². The predicted octanol–water partition coefficient (Wildman–Crippen LogP) is 6.52. The number of nitrogens with one attached hydrogen (secondary N) is 1. The highest BCUT2D eigenvalue weighted by molar-refractivity contribution is 7.80. The molecule has 0 saturated carbocycles. The van der Waals surface area contributed by atoms with Gasteiger partial charge >= 0.3 is 10.4 Å². The van der Waals surface area contributed by atoms with Crippen molar-refractivity contribution in [1.29, 1.82) is 0 Å². The van der Waals surface area contributed by atoms with Gasteiger partial charge < -0.3 is 40.3 Å². The minimum Gasteiger partial charge on any atom is -0.394 e. The van der Waals surface area contributed by atoms with Gasteiger partial charge in [0.15, 0.2) is 6.29 Å². The van der Waals surface area contributed by atoms with Crippen molar-refractivity contribution in [2.24, 2.45) is 0 Å². The van der Waals surface area contributed by atoms with Gasteiger partial charge in [-0.25, -0.2) is 4.18 Å². The van der Waals surface area contributed by atoms with Crippen molar-refractivity contribution in [3.8, 4) is 0 Å². The van der Waals surface area contributed by atoms with Crippen molar-refractivity contribution in [3.63, 3.8) is 0 Å². The Bertz CT molecular complexity index is 1170. The molecule has 13 nitrogen and oxygen atoms in total. The van der Waals surface area contributed by atoms with Crippen LogP contribution in [0, 0.1) is 0 Å². The lowest BCUT2D eigenvalue weighted by Crippen LogP contribution is -2.61. The normalized spacial score (nSPS) is 22.3. The molecule has 1 saturated heterocycles. The van der Waals surface area contributed by atoms with Crippen LogP contribution >= 0.6 is 0 Å². The third-order valence-corrected chi connectivity index (χ3v) is 10.5. The third kappa shape index (κ3) is 25.6. The van der Waals surface area contributed by atoms with Crippen LogP contribution in [0.2, 0.25) is 0 Å². The zero-order chi connectivity index (χ0) is 41.4. The Hall–Kier alpha value is -1.72. The van der Waals surface area contributed by atoms with Gasteiger partial charge in [-0.1, -0.05) is 140 Å². The van der Waals surface area contributed by atoms with Gasteiger partial charge in [0.25, 0.3) is 0 Å². The van der Waals surface area contributed by atoms with Crippen LogP contribution in [0.3, 0.4) is 0 Å². The molecule has 8 unspecified atom stereocenters. The minimum absolute atomic E-state index is 0.229. The molecule has 0 spiro atoms. The molecule has 0 aliphatic carbocycles. The SMILES string of the molecule is CCCCCCC/C=C/CC/C=C/C(O)C(COC1OC(CO)C(O)C(OS(=O)(=O)O)C1O)NC(=O)C(O)CCCCCCCC/C=C\CCCCCCCC. The van der Waals surface area contributed by atoms with Gasteiger partial charge in [0.1, 0.15) is 30.5 Å². The van der Waals surface area contributed by atoms with Crippen molar-refractivity contribution in [1.82, 2.24) is 5.32 Å². The lowest BCUT2D eigenvalue weighted by atomic mass is 9.99. The van der Waals surface area contributed by atoms with E-state index in [0.717, 1.165) is 64.2 Å².